The van der Waals surface area contributed by atoms with Gasteiger partial charge < -0.3 is 10.5 Å². The smallest absolute Gasteiger partial charge is 0.409 e. The maximum atomic E-state index is 10.6. The second kappa shape index (κ2) is 3.59. The maximum Gasteiger partial charge on any atom is 0.426 e. The molecule has 1 amide bonds. The lowest BCUT2D eigenvalue weighted by Crippen LogP contribution is -2.32. The second-order valence-electron chi connectivity index (χ2n) is 2.10. The number of hydrogen-bond donors (Lipinski definition) is 3. The quantitative estimate of drug-likeness (QED) is 0.242. The predicted molar refractivity (Wildman–Crippen MR) is 44.2 cm³/mol. The topological polar surface area (TPSA) is 90.4 Å². The number of ether oxygens (including phenoxy) is 1. The maximum absolute atomic E-state index is 10.6. The van der Waals surface area contributed by atoms with Crippen LogP contribution in [0.3, 0.4) is 0 Å². The summed E-state index contributed by atoms with van der Waals surface area (Å²) in [6.45, 7) is 0. The van der Waals surface area contributed by atoms with E-state index in [9.17, 15) is 4.79 Å². The minimum Gasteiger partial charge on any atom is -0.409 e. The summed E-state index contributed by atoms with van der Waals surface area (Å²) in [5.41, 5.74) is 7.85. The molecule has 0 aromatic heterocycles. The van der Waals surface area contributed by atoms with Crippen LogP contribution in [0.25, 0.3) is 0 Å². The molecule has 0 radical (unpaired) electrons. The van der Waals surface area contributed by atoms with Crippen molar-refractivity contribution >= 4 is 11.8 Å². The fourth-order valence-electron chi connectivity index (χ4n) is 0.672. The number of rotatable bonds is 1. The van der Waals surface area contributed by atoms with Crippen LogP contribution in [-0.2, 0) is 0 Å². The van der Waals surface area contributed by atoms with Gasteiger partial charge in [-0.25, -0.2) is 10.6 Å². The molecule has 0 saturated carbocycles. The minimum absolute atomic E-state index is 0.396. The Balaban J connectivity index is 2.64. The van der Waals surface area contributed by atoms with Crippen LogP contribution in [0.2, 0.25) is 0 Å². The molecule has 0 fully saturated rings. The van der Waals surface area contributed by atoms with Gasteiger partial charge in [-0.15, -0.1) is 0 Å². The van der Waals surface area contributed by atoms with Crippen molar-refractivity contribution in [1.82, 2.24) is 5.43 Å². The van der Waals surface area contributed by atoms with E-state index in [2.05, 4.69) is 4.74 Å². The number of nitrogen functional groups attached to an aromatic ring is 1. The first kappa shape index (κ1) is 8.35. The van der Waals surface area contributed by atoms with Gasteiger partial charge in [-0.3, -0.25) is 5.43 Å². The van der Waals surface area contributed by atoms with Gasteiger partial charge in [0.05, 0.1) is 0 Å². The summed E-state index contributed by atoms with van der Waals surface area (Å²) in [6, 6.07) is 6.40. The lowest BCUT2D eigenvalue weighted by molar-refractivity contribution is 0.201. The molecule has 0 unspecified atom stereocenters. The Morgan fingerprint density at radius 1 is 1.33 bits per heavy atom. The van der Waals surface area contributed by atoms with E-state index in [1.54, 1.807) is 24.3 Å². The van der Waals surface area contributed by atoms with E-state index in [1.165, 1.54) is 0 Å². The first-order valence-electron chi connectivity index (χ1n) is 3.26. The Labute approximate surface area is 69.3 Å². The molecule has 0 bridgehead atoms. The van der Waals surface area contributed by atoms with Gasteiger partial charge in [0.2, 0.25) is 0 Å². The van der Waals surface area contributed by atoms with Crippen molar-refractivity contribution in [3.05, 3.63) is 24.3 Å². The summed E-state index contributed by atoms with van der Waals surface area (Å²) < 4.78 is 4.69. The monoisotopic (exact) mass is 167 g/mol. The molecular formula is C7H9N3O2. The number of anilines is 1. The average molecular weight is 167 g/mol. The van der Waals surface area contributed by atoms with E-state index < -0.39 is 6.09 Å². The van der Waals surface area contributed by atoms with Crippen molar-refractivity contribution in [3.63, 3.8) is 0 Å². The number of hydrazine groups is 1. The molecule has 0 saturated heterocycles. The summed E-state index contributed by atoms with van der Waals surface area (Å²) in [4.78, 5) is 10.6. The number of hydrogen-bond acceptors (Lipinski definition) is 4. The molecule has 1 aromatic rings. The molecule has 5 nitrogen and oxygen atoms in total. The number of benzene rings is 1. The summed E-state index contributed by atoms with van der Waals surface area (Å²) in [5, 5.41) is 0. The molecule has 0 aliphatic carbocycles. The van der Waals surface area contributed by atoms with Crippen LogP contribution in [0.1, 0.15) is 0 Å². The predicted octanol–water partition coefficient (Wildman–Crippen LogP) is 0.231. The third-order valence-electron chi connectivity index (χ3n) is 1.21. The van der Waals surface area contributed by atoms with E-state index in [0.717, 1.165) is 0 Å². The van der Waals surface area contributed by atoms with E-state index in [-0.39, 0.29) is 0 Å². The average Bonchev–Trinajstić information content (AvgIpc) is 2.09. The summed E-state index contributed by atoms with van der Waals surface area (Å²) in [6.07, 6.45) is -0.709. The largest absolute Gasteiger partial charge is 0.426 e. The molecule has 5 N–H and O–H groups in total. The van der Waals surface area contributed by atoms with Gasteiger partial charge in [-0.2, -0.15) is 0 Å². The fraction of sp³-hybridized carbons (Fsp3) is 0. The first-order valence-corrected chi connectivity index (χ1v) is 3.26. The van der Waals surface area contributed by atoms with Gasteiger partial charge in [-0.05, 0) is 24.3 Å². The molecule has 12 heavy (non-hydrogen) atoms. The van der Waals surface area contributed by atoms with Gasteiger partial charge in [0.15, 0.2) is 0 Å². The standard InChI is InChI=1S/C7H9N3O2/c8-5-1-3-6(4-2-5)12-7(11)10-9/h1-4H,8-9H2,(H,10,11). The third kappa shape index (κ3) is 2.14. The lowest BCUT2D eigenvalue weighted by Gasteiger charge is -2.02. The molecule has 1 aromatic carbocycles. The number of nitrogens with two attached hydrogens (primary N) is 2. The van der Waals surface area contributed by atoms with Crippen molar-refractivity contribution in [1.29, 1.82) is 0 Å². The number of amides is 1. The Hall–Kier alpha value is -1.75. The van der Waals surface area contributed by atoms with Crippen LogP contribution < -0.4 is 21.7 Å². The van der Waals surface area contributed by atoms with E-state index >= 15 is 0 Å². The Morgan fingerprint density at radius 2 is 1.92 bits per heavy atom. The number of carbonyl (C=O) groups excluding carboxylic acids is 1. The summed E-state index contributed by atoms with van der Waals surface area (Å²) in [5.74, 6) is 5.20. The number of carbonyl (C=O) groups is 1. The van der Waals surface area contributed by atoms with Crippen molar-refractivity contribution in [2.45, 2.75) is 0 Å². The van der Waals surface area contributed by atoms with Gasteiger partial charge >= 0.3 is 6.09 Å². The molecule has 0 aliphatic rings. The van der Waals surface area contributed by atoms with Crippen LogP contribution in [0.15, 0.2) is 24.3 Å². The van der Waals surface area contributed by atoms with Crippen molar-refractivity contribution < 1.29 is 9.53 Å². The van der Waals surface area contributed by atoms with E-state index in [0.29, 0.717) is 11.4 Å². The Kier molecular flexibility index (Phi) is 2.49. The molecule has 0 heterocycles. The van der Waals surface area contributed by atoms with Gasteiger partial charge in [-0.1, -0.05) is 0 Å². The molecule has 0 atom stereocenters. The third-order valence-corrected chi connectivity index (χ3v) is 1.21. The SMILES string of the molecule is NNC(=O)Oc1ccc(N)cc1. The summed E-state index contributed by atoms with van der Waals surface area (Å²) >= 11 is 0. The highest BCUT2D eigenvalue weighted by molar-refractivity contribution is 5.69. The molecular weight excluding hydrogens is 158 g/mol. The highest BCUT2D eigenvalue weighted by Gasteiger charge is 1.99. The molecule has 5 heteroatoms. The zero-order valence-corrected chi connectivity index (χ0v) is 6.28. The minimum atomic E-state index is -0.709. The highest BCUT2D eigenvalue weighted by atomic mass is 16.6. The van der Waals surface area contributed by atoms with Crippen LogP contribution in [-0.4, -0.2) is 6.09 Å². The molecule has 0 aliphatic heterocycles. The Bertz CT molecular complexity index is 270. The zero-order valence-electron chi connectivity index (χ0n) is 6.28. The van der Waals surface area contributed by atoms with Gasteiger partial charge in [0, 0.05) is 5.69 Å². The Morgan fingerprint density at radius 3 is 2.42 bits per heavy atom. The van der Waals surface area contributed by atoms with E-state index in [4.69, 9.17) is 11.6 Å². The molecule has 0 spiro atoms. The second-order valence-corrected chi connectivity index (χ2v) is 2.10. The molecule has 64 valence electrons. The van der Waals surface area contributed by atoms with Crippen LogP contribution in [0, 0.1) is 0 Å². The van der Waals surface area contributed by atoms with Crippen LogP contribution >= 0.6 is 0 Å². The lowest BCUT2D eigenvalue weighted by atomic mass is 10.3. The van der Waals surface area contributed by atoms with Crippen molar-refractivity contribution in [3.8, 4) is 5.75 Å². The van der Waals surface area contributed by atoms with Gasteiger partial charge in [0.25, 0.3) is 0 Å². The van der Waals surface area contributed by atoms with Gasteiger partial charge in [0.1, 0.15) is 5.75 Å². The van der Waals surface area contributed by atoms with Crippen molar-refractivity contribution in [2.75, 3.05) is 5.73 Å². The number of nitrogens with one attached hydrogen (secondary N) is 1. The summed E-state index contributed by atoms with van der Waals surface area (Å²) in [7, 11) is 0. The van der Waals surface area contributed by atoms with E-state index in [1.807, 2.05) is 5.43 Å². The highest BCUT2D eigenvalue weighted by Crippen LogP contribution is 2.12. The fourth-order valence-corrected chi connectivity index (χ4v) is 0.672. The van der Waals surface area contributed by atoms with Crippen LogP contribution in [0.5, 0.6) is 5.75 Å². The zero-order chi connectivity index (χ0) is 8.97. The normalized spacial score (nSPS) is 9.08. The first-order chi connectivity index (χ1) is 5.72. The van der Waals surface area contributed by atoms with Crippen LogP contribution in [0.4, 0.5) is 10.5 Å². The molecule has 1 rings (SSSR count). The van der Waals surface area contributed by atoms with Crippen molar-refractivity contribution in [2.24, 2.45) is 5.84 Å².